The van der Waals surface area contributed by atoms with Gasteiger partial charge >= 0.3 is 0 Å². The predicted molar refractivity (Wildman–Crippen MR) is 84.4 cm³/mol. The molecule has 0 heterocycles. The van der Waals surface area contributed by atoms with Crippen LogP contribution in [0.15, 0.2) is 63.0 Å². The number of benzene rings is 2. The maximum absolute atomic E-state index is 10.8. The van der Waals surface area contributed by atoms with Crippen molar-refractivity contribution in [2.75, 3.05) is 5.43 Å². The molecule has 0 bridgehead atoms. The van der Waals surface area contributed by atoms with E-state index in [2.05, 4.69) is 26.5 Å². The van der Waals surface area contributed by atoms with Crippen molar-refractivity contribution in [2.45, 2.75) is 11.8 Å². The molecule has 0 spiro atoms. The molecule has 21 heavy (non-hydrogen) atoms. The minimum absolute atomic E-state index is 0.263. The largest absolute Gasteiger partial charge is 0.744 e. The number of hydrogen-bond acceptors (Lipinski definition) is 5. The highest BCUT2D eigenvalue weighted by molar-refractivity contribution is 9.10. The molecule has 0 aliphatic heterocycles. The SMILES string of the molecule is C/C(=N\Nc1ccc(S(=O)(=O)[O-])cc1)c1cccc(Br)c1. The van der Waals surface area contributed by atoms with Crippen LogP contribution >= 0.6 is 15.9 Å². The summed E-state index contributed by atoms with van der Waals surface area (Å²) in [6.07, 6.45) is 0. The van der Waals surface area contributed by atoms with Crippen LogP contribution in [-0.2, 0) is 10.1 Å². The molecule has 0 radical (unpaired) electrons. The molecular weight excluding hydrogens is 356 g/mol. The Bertz CT molecular complexity index is 771. The third kappa shape index (κ3) is 4.38. The fourth-order valence-corrected chi connectivity index (χ4v) is 2.49. The molecule has 0 saturated carbocycles. The molecule has 2 aromatic rings. The molecular formula is C14H12BrN2O3S-. The number of hydrazone groups is 1. The number of nitrogens with one attached hydrogen (secondary N) is 1. The van der Waals surface area contributed by atoms with Crippen molar-refractivity contribution in [3.63, 3.8) is 0 Å². The molecule has 2 rings (SSSR count). The Hall–Kier alpha value is -1.70. The van der Waals surface area contributed by atoms with Crippen molar-refractivity contribution < 1.29 is 13.0 Å². The van der Waals surface area contributed by atoms with Gasteiger partial charge in [0.1, 0.15) is 10.1 Å². The highest BCUT2D eigenvalue weighted by atomic mass is 79.9. The van der Waals surface area contributed by atoms with Gasteiger partial charge in [-0.3, -0.25) is 5.43 Å². The van der Waals surface area contributed by atoms with Crippen molar-refractivity contribution in [1.29, 1.82) is 0 Å². The molecule has 7 heteroatoms. The Morgan fingerprint density at radius 2 is 1.86 bits per heavy atom. The van der Waals surface area contributed by atoms with Crippen LogP contribution in [0.25, 0.3) is 0 Å². The van der Waals surface area contributed by atoms with E-state index in [-0.39, 0.29) is 4.90 Å². The first-order chi connectivity index (χ1) is 9.86. The first-order valence-corrected chi connectivity index (χ1v) is 8.18. The fourth-order valence-electron chi connectivity index (χ4n) is 1.62. The highest BCUT2D eigenvalue weighted by Gasteiger charge is 2.01. The zero-order valence-corrected chi connectivity index (χ0v) is 13.5. The first kappa shape index (κ1) is 15.7. The van der Waals surface area contributed by atoms with Gasteiger partial charge in [-0.25, -0.2) is 8.42 Å². The van der Waals surface area contributed by atoms with Crippen LogP contribution in [0.4, 0.5) is 5.69 Å². The first-order valence-electron chi connectivity index (χ1n) is 5.98. The van der Waals surface area contributed by atoms with Crippen molar-refractivity contribution in [2.24, 2.45) is 5.10 Å². The van der Waals surface area contributed by atoms with Gasteiger partial charge in [-0.2, -0.15) is 5.10 Å². The summed E-state index contributed by atoms with van der Waals surface area (Å²) in [6, 6.07) is 13.2. The van der Waals surface area contributed by atoms with E-state index in [0.717, 1.165) is 15.7 Å². The van der Waals surface area contributed by atoms with E-state index in [1.54, 1.807) is 0 Å². The summed E-state index contributed by atoms with van der Waals surface area (Å²) in [6.45, 7) is 1.85. The van der Waals surface area contributed by atoms with Crippen LogP contribution in [0, 0.1) is 0 Å². The lowest BCUT2D eigenvalue weighted by molar-refractivity contribution is 0.463. The van der Waals surface area contributed by atoms with Gasteiger partial charge in [0.2, 0.25) is 0 Å². The maximum atomic E-state index is 10.8. The van der Waals surface area contributed by atoms with Crippen LogP contribution in [0.2, 0.25) is 0 Å². The molecule has 0 saturated heterocycles. The normalized spacial score (nSPS) is 12.2. The average molecular weight is 368 g/mol. The maximum Gasteiger partial charge on any atom is 0.124 e. The lowest BCUT2D eigenvalue weighted by atomic mass is 10.1. The standard InChI is InChI=1S/C14H13BrN2O3S/c1-10(11-3-2-4-12(15)9-11)16-17-13-5-7-14(8-6-13)21(18,19)20/h2-9,17H,1H3,(H,18,19,20)/p-1/b16-10+. The van der Waals surface area contributed by atoms with E-state index in [1.807, 2.05) is 31.2 Å². The topological polar surface area (TPSA) is 81.6 Å². The number of rotatable bonds is 4. The summed E-state index contributed by atoms with van der Waals surface area (Å²) in [5.74, 6) is 0. The summed E-state index contributed by atoms with van der Waals surface area (Å²) in [4.78, 5) is -0.263. The van der Waals surface area contributed by atoms with E-state index < -0.39 is 10.1 Å². The van der Waals surface area contributed by atoms with E-state index >= 15 is 0 Å². The van der Waals surface area contributed by atoms with E-state index in [0.29, 0.717) is 5.69 Å². The lowest BCUT2D eigenvalue weighted by Gasteiger charge is -2.08. The van der Waals surface area contributed by atoms with Crippen LogP contribution in [-0.4, -0.2) is 18.7 Å². The Balaban J connectivity index is 2.14. The minimum atomic E-state index is -4.42. The fraction of sp³-hybridized carbons (Fsp3) is 0.0714. The average Bonchev–Trinajstić information content (AvgIpc) is 2.44. The number of hydrogen-bond donors (Lipinski definition) is 1. The van der Waals surface area contributed by atoms with Gasteiger partial charge in [0.15, 0.2) is 0 Å². The summed E-state index contributed by atoms with van der Waals surface area (Å²) in [7, 11) is -4.42. The summed E-state index contributed by atoms with van der Waals surface area (Å²) in [5, 5.41) is 4.22. The summed E-state index contributed by atoms with van der Waals surface area (Å²) < 4.78 is 33.4. The lowest BCUT2D eigenvalue weighted by Crippen LogP contribution is -2.01. The summed E-state index contributed by atoms with van der Waals surface area (Å²) in [5.41, 5.74) is 5.14. The monoisotopic (exact) mass is 367 g/mol. The van der Waals surface area contributed by atoms with E-state index in [1.165, 1.54) is 24.3 Å². The third-order valence-electron chi connectivity index (χ3n) is 2.74. The zero-order valence-electron chi connectivity index (χ0n) is 11.1. The van der Waals surface area contributed by atoms with E-state index in [4.69, 9.17) is 0 Å². The second-order valence-corrected chi connectivity index (χ2v) is 6.59. The zero-order chi connectivity index (χ0) is 15.5. The molecule has 5 nitrogen and oxygen atoms in total. The molecule has 0 fully saturated rings. The Labute approximate surface area is 131 Å². The minimum Gasteiger partial charge on any atom is -0.744 e. The van der Waals surface area contributed by atoms with Crippen molar-refractivity contribution in [3.8, 4) is 0 Å². The van der Waals surface area contributed by atoms with Gasteiger partial charge < -0.3 is 4.55 Å². The second-order valence-electron chi connectivity index (χ2n) is 4.30. The van der Waals surface area contributed by atoms with Crippen LogP contribution in [0.5, 0.6) is 0 Å². The molecule has 2 aromatic carbocycles. The van der Waals surface area contributed by atoms with Crippen LogP contribution in [0.1, 0.15) is 12.5 Å². The van der Waals surface area contributed by atoms with Gasteiger partial charge in [0.05, 0.1) is 16.3 Å². The molecule has 1 N–H and O–H groups in total. The van der Waals surface area contributed by atoms with Gasteiger partial charge in [-0.1, -0.05) is 28.1 Å². The van der Waals surface area contributed by atoms with Gasteiger partial charge in [0.25, 0.3) is 0 Å². The van der Waals surface area contributed by atoms with Crippen molar-refractivity contribution in [1.82, 2.24) is 0 Å². The molecule has 0 unspecified atom stereocenters. The molecule has 0 aliphatic carbocycles. The molecule has 110 valence electrons. The van der Waals surface area contributed by atoms with E-state index in [9.17, 15) is 13.0 Å². The second kappa shape index (κ2) is 6.38. The quantitative estimate of drug-likeness (QED) is 0.511. The smallest absolute Gasteiger partial charge is 0.124 e. The summed E-state index contributed by atoms with van der Waals surface area (Å²) >= 11 is 3.39. The Kier molecular flexibility index (Phi) is 4.76. The van der Waals surface area contributed by atoms with Gasteiger partial charge in [0, 0.05) is 4.47 Å². The number of halogens is 1. The number of anilines is 1. The number of nitrogens with zero attached hydrogens (tertiary/aromatic N) is 1. The van der Waals surface area contributed by atoms with Crippen molar-refractivity contribution in [3.05, 3.63) is 58.6 Å². The molecule has 0 amide bonds. The van der Waals surface area contributed by atoms with Gasteiger partial charge in [-0.05, 0) is 48.9 Å². The van der Waals surface area contributed by atoms with Crippen molar-refractivity contribution >= 4 is 37.4 Å². The Morgan fingerprint density at radius 3 is 2.43 bits per heavy atom. The highest BCUT2D eigenvalue weighted by Crippen LogP contribution is 2.15. The predicted octanol–water partition coefficient (Wildman–Crippen LogP) is 3.19. The van der Waals surface area contributed by atoms with Gasteiger partial charge in [-0.15, -0.1) is 0 Å². The van der Waals surface area contributed by atoms with Crippen LogP contribution < -0.4 is 5.43 Å². The molecule has 0 aromatic heterocycles. The molecule has 0 atom stereocenters. The third-order valence-corrected chi connectivity index (χ3v) is 4.08. The molecule has 0 aliphatic rings. The van der Waals surface area contributed by atoms with Crippen LogP contribution in [0.3, 0.4) is 0 Å². The Morgan fingerprint density at radius 1 is 1.19 bits per heavy atom.